The first-order valence-corrected chi connectivity index (χ1v) is 12.4. The second-order valence-electron chi connectivity index (χ2n) is 9.77. The van der Waals surface area contributed by atoms with Crippen LogP contribution in [0.2, 0.25) is 0 Å². The minimum atomic E-state index is -4.38. The monoisotopic (exact) mass is 533 g/mol. The number of nitrogens with one attached hydrogen (secondary N) is 1. The highest BCUT2D eigenvalue weighted by Crippen LogP contribution is 2.34. The Hall–Kier alpha value is -3.45. The summed E-state index contributed by atoms with van der Waals surface area (Å²) < 4.78 is 68.1. The quantitative estimate of drug-likeness (QED) is 0.377. The second-order valence-corrected chi connectivity index (χ2v) is 9.77. The molecule has 6 rings (SSSR count). The fourth-order valence-corrected chi connectivity index (χ4v) is 5.24. The molecule has 0 aliphatic carbocycles. The van der Waals surface area contributed by atoms with Gasteiger partial charge in [-0.2, -0.15) is 18.2 Å². The third-order valence-corrected chi connectivity index (χ3v) is 7.28. The number of fused-ring (bicyclic) bond motifs is 2. The van der Waals surface area contributed by atoms with Crippen LogP contribution in [0, 0.1) is 6.92 Å². The molecule has 9 nitrogen and oxygen atoms in total. The Morgan fingerprint density at radius 2 is 2.00 bits per heavy atom. The van der Waals surface area contributed by atoms with Crippen LogP contribution in [0.1, 0.15) is 12.2 Å². The first-order chi connectivity index (χ1) is 18.2. The van der Waals surface area contributed by atoms with Gasteiger partial charge in [-0.05, 0) is 37.1 Å². The SMILES string of the molecule is COc1nc(N[C@H]2CCN(C3COC3)C[C@@H]2F)nn2ccc(-c3ccc4nc(C)n(CC(F)(F)F)c4c3)c12. The molecule has 1 N–H and O–H groups in total. The summed E-state index contributed by atoms with van der Waals surface area (Å²) in [6, 6.07) is 6.81. The molecule has 0 radical (unpaired) electrons. The zero-order valence-electron chi connectivity index (χ0n) is 20.9. The standard InChI is InChI=1S/C25H27F4N7O2/c1-14-30-20-4-3-15(9-21(20)35(14)13-25(27,28)29)17-5-8-36-22(17)23(37-2)32-24(33-36)31-19-6-7-34(10-18(19)26)16-11-38-12-16/h3-5,8-9,16,18-19H,6-7,10-13H2,1-2H3,(H,31,33)/t18-,19-/m0/s1. The lowest BCUT2D eigenvalue weighted by molar-refractivity contribution is -0.140. The third-order valence-electron chi connectivity index (χ3n) is 7.28. The first-order valence-electron chi connectivity index (χ1n) is 12.4. The lowest BCUT2D eigenvalue weighted by Crippen LogP contribution is -2.57. The molecule has 2 aliphatic heterocycles. The molecule has 2 fully saturated rings. The minimum absolute atomic E-state index is 0.235. The highest BCUT2D eigenvalue weighted by atomic mass is 19.4. The Labute approximate surface area is 215 Å². The van der Waals surface area contributed by atoms with Crippen molar-refractivity contribution in [1.29, 1.82) is 0 Å². The van der Waals surface area contributed by atoms with E-state index in [9.17, 15) is 17.6 Å². The first kappa shape index (κ1) is 24.9. The molecule has 202 valence electrons. The number of hydrogen-bond donors (Lipinski definition) is 1. The molecule has 3 aromatic heterocycles. The van der Waals surface area contributed by atoms with Gasteiger partial charge in [0.05, 0.1) is 43.4 Å². The topological polar surface area (TPSA) is 81.7 Å². The lowest BCUT2D eigenvalue weighted by atomic mass is 10.0. The number of likely N-dealkylation sites (tertiary alicyclic amines) is 1. The van der Waals surface area contributed by atoms with Gasteiger partial charge in [0, 0.05) is 24.8 Å². The fraction of sp³-hybridized carbons (Fsp3) is 0.480. The van der Waals surface area contributed by atoms with Crippen LogP contribution in [0.3, 0.4) is 0 Å². The summed E-state index contributed by atoms with van der Waals surface area (Å²) in [5, 5.41) is 7.64. The predicted molar refractivity (Wildman–Crippen MR) is 132 cm³/mol. The number of piperidine rings is 1. The number of nitrogens with zero attached hydrogens (tertiary/aromatic N) is 6. The summed E-state index contributed by atoms with van der Waals surface area (Å²) in [7, 11) is 1.48. The molecule has 1 aromatic carbocycles. The van der Waals surface area contributed by atoms with E-state index in [-0.39, 0.29) is 23.7 Å². The largest absolute Gasteiger partial charge is 0.479 e. The van der Waals surface area contributed by atoms with Crippen LogP contribution in [-0.2, 0) is 11.3 Å². The molecular formula is C25H27F4N7O2. The van der Waals surface area contributed by atoms with E-state index in [4.69, 9.17) is 9.47 Å². The predicted octanol–water partition coefficient (Wildman–Crippen LogP) is 3.85. The Morgan fingerprint density at radius 1 is 1.18 bits per heavy atom. The van der Waals surface area contributed by atoms with E-state index in [1.165, 1.54) is 7.11 Å². The van der Waals surface area contributed by atoms with Crippen LogP contribution in [0.25, 0.3) is 27.7 Å². The number of halogens is 4. The molecule has 2 saturated heterocycles. The number of ether oxygens (including phenoxy) is 2. The van der Waals surface area contributed by atoms with Gasteiger partial charge in [-0.3, -0.25) is 4.90 Å². The fourth-order valence-electron chi connectivity index (χ4n) is 5.24. The van der Waals surface area contributed by atoms with Gasteiger partial charge in [-0.25, -0.2) is 13.9 Å². The van der Waals surface area contributed by atoms with Crippen LogP contribution in [0.15, 0.2) is 30.5 Å². The van der Waals surface area contributed by atoms with Crippen molar-refractivity contribution in [2.24, 2.45) is 0 Å². The van der Waals surface area contributed by atoms with Crippen LogP contribution < -0.4 is 10.1 Å². The molecular weight excluding hydrogens is 506 g/mol. The van der Waals surface area contributed by atoms with Gasteiger partial charge in [-0.15, -0.1) is 5.10 Å². The smallest absolute Gasteiger partial charge is 0.406 e. The Morgan fingerprint density at radius 3 is 2.68 bits per heavy atom. The molecule has 0 saturated carbocycles. The summed E-state index contributed by atoms with van der Waals surface area (Å²) >= 11 is 0. The van der Waals surface area contributed by atoms with Gasteiger partial charge in [0.25, 0.3) is 0 Å². The number of methoxy groups -OCH3 is 1. The van der Waals surface area contributed by atoms with Gasteiger partial charge >= 0.3 is 6.18 Å². The van der Waals surface area contributed by atoms with Gasteiger partial charge in [0.2, 0.25) is 11.8 Å². The molecule has 38 heavy (non-hydrogen) atoms. The zero-order chi connectivity index (χ0) is 26.6. The van der Waals surface area contributed by atoms with E-state index >= 15 is 0 Å². The Balaban J connectivity index is 1.30. The Kier molecular flexibility index (Phi) is 6.14. The van der Waals surface area contributed by atoms with E-state index in [2.05, 4.69) is 25.3 Å². The normalized spacial score (nSPS) is 21.2. The highest BCUT2D eigenvalue weighted by Gasteiger charge is 2.36. The van der Waals surface area contributed by atoms with Crippen LogP contribution in [-0.4, -0.2) is 86.9 Å². The average Bonchev–Trinajstić information content (AvgIpc) is 3.39. The van der Waals surface area contributed by atoms with Gasteiger partial charge in [0.15, 0.2) is 0 Å². The summed E-state index contributed by atoms with van der Waals surface area (Å²) in [4.78, 5) is 10.9. The lowest BCUT2D eigenvalue weighted by Gasteiger charge is -2.42. The van der Waals surface area contributed by atoms with Crippen molar-refractivity contribution in [2.75, 3.05) is 38.7 Å². The van der Waals surface area contributed by atoms with Crippen LogP contribution >= 0.6 is 0 Å². The van der Waals surface area contributed by atoms with Gasteiger partial charge < -0.3 is 19.4 Å². The number of anilines is 1. The van der Waals surface area contributed by atoms with Crippen molar-refractivity contribution < 1.29 is 27.0 Å². The van der Waals surface area contributed by atoms with Gasteiger partial charge in [0.1, 0.15) is 24.1 Å². The van der Waals surface area contributed by atoms with E-state index in [0.29, 0.717) is 53.9 Å². The number of benzene rings is 1. The Bertz CT molecular complexity index is 1480. The number of alkyl halides is 4. The summed E-state index contributed by atoms with van der Waals surface area (Å²) in [6.45, 7) is 2.80. The maximum absolute atomic E-state index is 15.0. The number of aryl methyl sites for hydroxylation is 1. The van der Waals surface area contributed by atoms with E-state index in [1.807, 2.05) is 0 Å². The van der Waals surface area contributed by atoms with Crippen LogP contribution in [0.5, 0.6) is 5.88 Å². The maximum atomic E-state index is 15.0. The van der Waals surface area contributed by atoms with E-state index in [0.717, 1.165) is 11.1 Å². The molecule has 4 aromatic rings. The molecule has 0 bridgehead atoms. The number of rotatable bonds is 6. The average molecular weight is 534 g/mol. The van der Waals surface area contributed by atoms with Crippen molar-refractivity contribution in [1.82, 2.24) is 29.0 Å². The summed E-state index contributed by atoms with van der Waals surface area (Å²) in [5.74, 6) is 0.784. The molecule has 0 spiro atoms. The van der Waals surface area contributed by atoms with Crippen molar-refractivity contribution >= 4 is 22.5 Å². The minimum Gasteiger partial charge on any atom is -0.479 e. The van der Waals surface area contributed by atoms with E-state index < -0.39 is 24.9 Å². The van der Waals surface area contributed by atoms with E-state index in [1.54, 1.807) is 41.9 Å². The molecule has 2 atom stereocenters. The second kappa shape index (κ2) is 9.38. The number of hydrogen-bond acceptors (Lipinski definition) is 7. The molecule has 5 heterocycles. The zero-order valence-corrected chi connectivity index (χ0v) is 20.9. The summed E-state index contributed by atoms with van der Waals surface area (Å²) in [6.07, 6.45) is -3.15. The summed E-state index contributed by atoms with van der Waals surface area (Å²) in [5.41, 5.74) is 2.76. The highest BCUT2D eigenvalue weighted by molar-refractivity contribution is 5.89. The maximum Gasteiger partial charge on any atom is 0.406 e. The van der Waals surface area contributed by atoms with Crippen molar-refractivity contribution in [3.05, 3.63) is 36.3 Å². The van der Waals surface area contributed by atoms with Crippen molar-refractivity contribution in [3.63, 3.8) is 0 Å². The molecule has 2 aliphatic rings. The molecule has 0 amide bonds. The van der Waals surface area contributed by atoms with Gasteiger partial charge in [-0.1, -0.05) is 6.07 Å². The van der Waals surface area contributed by atoms with Crippen molar-refractivity contribution in [3.8, 4) is 17.0 Å². The third kappa shape index (κ3) is 4.53. The van der Waals surface area contributed by atoms with Crippen LogP contribution in [0.4, 0.5) is 23.5 Å². The van der Waals surface area contributed by atoms with Crippen molar-refractivity contribution in [2.45, 2.75) is 44.3 Å². The molecule has 0 unspecified atom stereocenters. The number of aromatic nitrogens is 5. The number of imidazole rings is 1. The molecule has 13 heteroatoms.